The summed E-state index contributed by atoms with van der Waals surface area (Å²) >= 11 is 1.13. The lowest BCUT2D eigenvalue weighted by Gasteiger charge is -2.07. The molecular formula is C26H20N6O2S. The second kappa shape index (κ2) is 10.1. The average molecular weight is 481 g/mol. The average Bonchev–Trinajstić information content (AvgIpc) is 3.30. The topological polar surface area (TPSA) is 108 Å². The minimum Gasteiger partial charge on any atom is -0.308 e. The van der Waals surface area contributed by atoms with Crippen LogP contribution in [0.3, 0.4) is 0 Å². The highest BCUT2D eigenvalue weighted by Gasteiger charge is 2.12. The summed E-state index contributed by atoms with van der Waals surface area (Å²) in [6, 6.07) is 26.9. The number of nitrogens with one attached hydrogen (secondary N) is 3. The molecule has 9 heteroatoms. The number of urea groups is 1. The van der Waals surface area contributed by atoms with Crippen LogP contribution in [0.15, 0.2) is 90.0 Å². The van der Waals surface area contributed by atoms with Crippen LogP contribution >= 0.6 is 11.3 Å². The van der Waals surface area contributed by atoms with Crippen LogP contribution in [0.5, 0.6) is 0 Å². The van der Waals surface area contributed by atoms with E-state index in [0.29, 0.717) is 15.8 Å². The Bertz CT molecular complexity index is 1490. The highest BCUT2D eigenvalue weighted by atomic mass is 32.1. The zero-order chi connectivity index (χ0) is 24.0. The summed E-state index contributed by atoms with van der Waals surface area (Å²) in [7, 11) is 0. The number of hydrogen-bond donors (Lipinski definition) is 3. The normalized spacial score (nSPS) is 11.1. The molecule has 1 heterocycles. The van der Waals surface area contributed by atoms with E-state index in [1.54, 1.807) is 18.3 Å². The number of hydrogen-bond acceptors (Lipinski definition) is 6. The maximum atomic E-state index is 12.4. The SMILES string of the molecule is O=C(Cc1nnc(NC(=O)Nc2ccccc2)s1)N/N=C\c1c2ccccc2cc2ccccc12. The smallest absolute Gasteiger partial charge is 0.308 e. The fourth-order valence-corrected chi connectivity index (χ4v) is 4.42. The molecule has 0 aliphatic rings. The van der Waals surface area contributed by atoms with Crippen LogP contribution in [0.4, 0.5) is 15.6 Å². The Labute approximate surface area is 204 Å². The maximum Gasteiger partial charge on any atom is 0.325 e. The van der Waals surface area contributed by atoms with Gasteiger partial charge in [-0.1, -0.05) is 78.1 Å². The molecule has 4 aromatic carbocycles. The summed E-state index contributed by atoms with van der Waals surface area (Å²) in [6.07, 6.45) is 1.66. The third kappa shape index (κ3) is 5.31. The standard InChI is InChI=1S/C26H20N6O2S/c33-23(15-24-31-32-26(35-24)29-25(34)28-19-10-2-1-3-11-19)30-27-16-22-20-12-6-4-8-17(20)14-18-9-5-7-13-21(18)22/h1-14,16H,15H2,(H,30,33)(H2,28,29,32,34)/b27-16-. The van der Waals surface area contributed by atoms with Gasteiger partial charge >= 0.3 is 6.03 Å². The van der Waals surface area contributed by atoms with Gasteiger partial charge in [0.25, 0.3) is 0 Å². The van der Waals surface area contributed by atoms with Gasteiger partial charge in [0.05, 0.1) is 12.6 Å². The first-order chi connectivity index (χ1) is 17.2. The molecule has 0 aliphatic heterocycles. The van der Waals surface area contributed by atoms with Crippen molar-refractivity contribution in [2.24, 2.45) is 5.10 Å². The lowest BCUT2D eigenvalue weighted by molar-refractivity contribution is -0.120. The number of anilines is 2. The van der Waals surface area contributed by atoms with Gasteiger partial charge in [-0.2, -0.15) is 5.10 Å². The summed E-state index contributed by atoms with van der Waals surface area (Å²) in [6.45, 7) is 0. The van der Waals surface area contributed by atoms with Gasteiger partial charge in [-0.05, 0) is 39.7 Å². The maximum absolute atomic E-state index is 12.4. The van der Waals surface area contributed by atoms with Crippen molar-refractivity contribution in [2.45, 2.75) is 6.42 Å². The highest BCUT2D eigenvalue weighted by molar-refractivity contribution is 7.15. The number of fused-ring (bicyclic) bond motifs is 2. The third-order valence-electron chi connectivity index (χ3n) is 5.23. The van der Waals surface area contributed by atoms with Gasteiger partial charge in [0.15, 0.2) is 0 Å². The Hall–Kier alpha value is -4.63. The van der Waals surface area contributed by atoms with Crippen molar-refractivity contribution in [3.63, 3.8) is 0 Å². The first-order valence-corrected chi connectivity index (χ1v) is 11.7. The summed E-state index contributed by atoms with van der Waals surface area (Å²) in [5.41, 5.74) is 4.16. The van der Waals surface area contributed by atoms with Crippen LogP contribution < -0.4 is 16.1 Å². The number of hydrazone groups is 1. The Balaban J connectivity index is 1.22. The van der Waals surface area contributed by atoms with Crippen molar-refractivity contribution in [3.05, 3.63) is 95.5 Å². The summed E-state index contributed by atoms with van der Waals surface area (Å²) in [5, 5.41) is 22.5. The first-order valence-electron chi connectivity index (χ1n) is 10.8. The molecule has 5 rings (SSSR count). The van der Waals surface area contributed by atoms with Crippen LogP contribution in [0.25, 0.3) is 21.5 Å². The number of para-hydroxylation sites is 1. The molecule has 0 spiro atoms. The lowest BCUT2D eigenvalue weighted by Crippen LogP contribution is -2.19. The van der Waals surface area contributed by atoms with Crippen LogP contribution in [-0.4, -0.2) is 28.4 Å². The largest absolute Gasteiger partial charge is 0.325 e. The summed E-state index contributed by atoms with van der Waals surface area (Å²) in [4.78, 5) is 24.5. The van der Waals surface area contributed by atoms with E-state index in [1.807, 2.05) is 54.6 Å². The van der Waals surface area contributed by atoms with E-state index in [4.69, 9.17) is 0 Å². The Kier molecular flexibility index (Phi) is 6.40. The fraction of sp³-hybridized carbons (Fsp3) is 0.0385. The van der Waals surface area contributed by atoms with Crippen LogP contribution in [0.1, 0.15) is 10.6 Å². The molecule has 0 fully saturated rings. The molecule has 0 atom stereocenters. The molecule has 0 saturated carbocycles. The molecule has 8 nitrogen and oxygen atoms in total. The first kappa shape index (κ1) is 22.2. The zero-order valence-corrected chi connectivity index (χ0v) is 19.3. The molecule has 3 N–H and O–H groups in total. The van der Waals surface area contributed by atoms with Gasteiger partial charge in [-0.15, -0.1) is 10.2 Å². The molecular weight excluding hydrogens is 460 g/mol. The minimum atomic E-state index is -0.435. The van der Waals surface area contributed by atoms with Crippen molar-refractivity contribution in [2.75, 3.05) is 10.6 Å². The number of aromatic nitrogens is 2. The predicted octanol–water partition coefficient (Wildman–Crippen LogP) is 5.18. The second-order valence-corrected chi connectivity index (χ2v) is 8.71. The van der Waals surface area contributed by atoms with Crippen molar-refractivity contribution >= 4 is 61.9 Å². The molecule has 35 heavy (non-hydrogen) atoms. The Morgan fingerprint density at radius 2 is 1.49 bits per heavy atom. The molecule has 0 bridgehead atoms. The van der Waals surface area contributed by atoms with E-state index >= 15 is 0 Å². The van der Waals surface area contributed by atoms with Crippen molar-refractivity contribution in [1.82, 2.24) is 15.6 Å². The molecule has 5 aromatic rings. The van der Waals surface area contributed by atoms with Gasteiger partial charge in [0, 0.05) is 11.3 Å². The lowest BCUT2D eigenvalue weighted by atomic mass is 9.97. The molecule has 0 saturated heterocycles. The van der Waals surface area contributed by atoms with E-state index in [-0.39, 0.29) is 12.3 Å². The van der Waals surface area contributed by atoms with Gasteiger partial charge in [0.2, 0.25) is 11.0 Å². The van der Waals surface area contributed by atoms with Gasteiger partial charge in [-0.25, -0.2) is 10.2 Å². The molecule has 0 unspecified atom stereocenters. The van der Waals surface area contributed by atoms with E-state index in [2.05, 4.69) is 49.6 Å². The summed E-state index contributed by atoms with van der Waals surface area (Å²) < 4.78 is 0. The Morgan fingerprint density at radius 1 is 0.829 bits per heavy atom. The zero-order valence-electron chi connectivity index (χ0n) is 18.4. The monoisotopic (exact) mass is 480 g/mol. The molecule has 0 aliphatic carbocycles. The van der Waals surface area contributed by atoms with Crippen LogP contribution in [-0.2, 0) is 11.2 Å². The van der Waals surface area contributed by atoms with E-state index in [0.717, 1.165) is 38.4 Å². The predicted molar refractivity (Wildman–Crippen MR) is 140 cm³/mol. The third-order valence-corrected chi connectivity index (χ3v) is 6.07. The highest BCUT2D eigenvalue weighted by Crippen LogP contribution is 2.27. The molecule has 0 radical (unpaired) electrons. The fourth-order valence-electron chi connectivity index (χ4n) is 3.69. The molecule has 172 valence electrons. The molecule has 3 amide bonds. The van der Waals surface area contributed by atoms with Crippen molar-refractivity contribution in [3.8, 4) is 0 Å². The van der Waals surface area contributed by atoms with Crippen LogP contribution in [0, 0.1) is 0 Å². The number of carbonyl (C=O) groups excluding carboxylic acids is 2. The summed E-state index contributed by atoms with van der Waals surface area (Å²) in [5.74, 6) is -0.331. The Morgan fingerprint density at radius 3 is 2.20 bits per heavy atom. The van der Waals surface area contributed by atoms with E-state index in [9.17, 15) is 9.59 Å². The van der Waals surface area contributed by atoms with E-state index in [1.165, 1.54) is 0 Å². The van der Waals surface area contributed by atoms with E-state index < -0.39 is 6.03 Å². The second-order valence-electron chi connectivity index (χ2n) is 7.65. The number of rotatable bonds is 6. The quantitative estimate of drug-likeness (QED) is 0.177. The number of benzene rings is 4. The van der Waals surface area contributed by atoms with Crippen LogP contribution in [0.2, 0.25) is 0 Å². The molecule has 1 aromatic heterocycles. The van der Waals surface area contributed by atoms with Gasteiger partial charge in [-0.3, -0.25) is 10.1 Å². The number of carbonyl (C=O) groups is 2. The minimum absolute atomic E-state index is 0.00667. The van der Waals surface area contributed by atoms with Gasteiger partial charge < -0.3 is 5.32 Å². The van der Waals surface area contributed by atoms with Crippen molar-refractivity contribution in [1.29, 1.82) is 0 Å². The van der Waals surface area contributed by atoms with Gasteiger partial charge in [0.1, 0.15) is 5.01 Å². The van der Waals surface area contributed by atoms with Crippen molar-refractivity contribution < 1.29 is 9.59 Å². The number of nitrogens with zero attached hydrogens (tertiary/aromatic N) is 3. The number of amides is 3.